The van der Waals surface area contributed by atoms with Crippen LogP contribution in [0.1, 0.15) is 31.2 Å². The Morgan fingerprint density at radius 3 is 2.70 bits per heavy atom. The van der Waals surface area contributed by atoms with Gasteiger partial charge in [-0.15, -0.1) is 0 Å². The first-order valence-electron chi connectivity index (χ1n) is 6.92. The molecule has 1 aliphatic carbocycles. The van der Waals surface area contributed by atoms with E-state index < -0.39 is 5.97 Å². The maximum atomic E-state index is 11.9. The SMILES string of the molecule is Cc1ccccc1NC(=O)NC1CCCC(C(=O)O)C1. The largest absolute Gasteiger partial charge is 0.481 e. The molecule has 0 heterocycles. The summed E-state index contributed by atoms with van der Waals surface area (Å²) in [5.74, 6) is -1.11. The van der Waals surface area contributed by atoms with E-state index in [1.807, 2.05) is 31.2 Å². The average molecular weight is 276 g/mol. The van der Waals surface area contributed by atoms with E-state index in [1.54, 1.807) is 0 Å². The van der Waals surface area contributed by atoms with Crippen molar-refractivity contribution in [3.63, 3.8) is 0 Å². The zero-order chi connectivity index (χ0) is 14.5. The number of carbonyl (C=O) groups is 2. The minimum absolute atomic E-state index is 0.0612. The molecule has 2 atom stereocenters. The van der Waals surface area contributed by atoms with E-state index in [1.165, 1.54) is 0 Å². The highest BCUT2D eigenvalue weighted by Crippen LogP contribution is 2.24. The topological polar surface area (TPSA) is 78.4 Å². The highest BCUT2D eigenvalue weighted by Gasteiger charge is 2.27. The van der Waals surface area contributed by atoms with E-state index in [2.05, 4.69) is 10.6 Å². The summed E-state index contributed by atoms with van der Waals surface area (Å²) < 4.78 is 0. The molecule has 1 aromatic carbocycles. The number of aliphatic carboxylic acids is 1. The van der Waals surface area contributed by atoms with Gasteiger partial charge in [0.1, 0.15) is 0 Å². The zero-order valence-corrected chi connectivity index (χ0v) is 11.6. The number of urea groups is 1. The Labute approximate surface area is 118 Å². The smallest absolute Gasteiger partial charge is 0.319 e. The predicted octanol–water partition coefficient (Wildman–Crippen LogP) is 2.76. The normalized spacial score (nSPS) is 22.1. The third kappa shape index (κ3) is 3.73. The Kier molecular flexibility index (Phi) is 4.61. The molecule has 0 radical (unpaired) electrons. The standard InChI is InChI=1S/C15H20N2O3/c1-10-5-2-3-8-13(10)17-15(20)16-12-7-4-6-11(9-12)14(18)19/h2-3,5,8,11-12H,4,6-7,9H2,1H3,(H,18,19)(H2,16,17,20). The molecule has 0 spiro atoms. The fraction of sp³-hybridized carbons (Fsp3) is 0.467. The number of rotatable bonds is 3. The Hall–Kier alpha value is -2.04. The maximum absolute atomic E-state index is 11.9. The van der Waals surface area contributed by atoms with Gasteiger partial charge < -0.3 is 15.7 Å². The van der Waals surface area contributed by atoms with Gasteiger partial charge in [0.15, 0.2) is 0 Å². The van der Waals surface area contributed by atoms with Crippen molar-refractivity contribution in [3.05, 3.63) is 29.8 Å². The van der Waals surface area contributed by atoms with Gasteiger partial charge in [0.05, 0.1) is 5.92 Å². The van der Waals surface area contributed by atoms with Crippen molar-refractivity contribution in [1.82, 2.24) is 5.32 Å². The molecule has 1 aliphatic rings. The van der Waals surface area contributed by atoms with E-state index in [0.29, 0.717) is 12.8 Å². The van der Waals surface area contributed by atoms with Crippen molar-refractivity contribution in [2.75, 3.05) is 5.32 Å². The Morgan fingerprint density at radius 1 is 1.25 bits per heavy atom. The molecule has 0 saturated heterocycles. The minimum atomic E-state index is -0.768. The number of amides is 2. The quantitative estimate of drug-likeness (QED) is 0.794. The molecule has 1 aromatic rings. The molecule has 1 fully saturated rings. The molecular formula is C15H20N2O3. The Balaban J connectivity index is 1.88. The van der Waals surface area contributed by atoms with Gasteiger partial charge >= 0.3 is 12.0 Å². The lowest BCUT2D eigenvalue weighted by Gasteiger charge is -2.27. The zero-order valence-electron chi connectivity index (χ0n) is 11.6. The first-order valence-corrected chi connectivity index (χ1v) is 6.92. The second-order valence-electron chi connectivity index (χ2n) is 5.31. The predicted molar refractivity (Wildman–Crippen MR) is 76.7 cm³/mol. The minimum Gasteiger partial charge on any atom is -0.481 e. The van der Waals surface area contributed by atoms with Gasteiger partial charge in [-0.1, -0.05) is 24.6 Å². The van der Waals surface area contributed by atoms with Crippen LogP contribution < -0.4 is 10.6 Å². The molecule has 3 N–H and O–H groups in total. The highest BCUT2D eigenvalue weighted by molar-refractivity contribution is 5.90. The van der Waals surface area contributed by atoms with Crippen LogP contribution >= 0.6 is 0 Å². The molecule has 0 bridgehead atoms. The summed E-state index contributed by atoms with van der Waals surface area (Å²) >= 11 is 0. The molecule has 0 aromatic heterocycles. The molecule has 20 heavy (non-hydrogen) atoms. The second-order valence-corrected chi connectivity index (χ2v) is 5.31. The van der Waals surface area contributed by atoms with Crippen molar-refractivity contribution in [3.8, 4) is 0 Å². The molecular weight excluding hydrogens is 256 g/mol. The summed E-state index contributed by atoms with van der Waals surface area (Å²) in [6.45, 7) is 1.93. The van der Waals surface area contributed by atoms with Crippen LogP contribution in [0.5, 0.6) is 0 Å². The molecule has 0 aliphatic heterocycles. The number of hydrogen-bond acceptors (Lipinski definition) is 2. The van der Waals surface area contributed by atoms with Gasteiger partial charge in [-0.25, -0.2) is 4.79 Å². The monoisotopic (exact) mass is 276 g/mol. The summed E-state index contributed by atoms with van der Waals surface area (Å²) in [7, 11) is 0. The Bertz CT molecular complexity index is 502. The fourth-order valence-corrected chi connectivity index (χ4v) is 2.60. The molecule has 108 valence electrons. The number of carbonyl (C=O) groups excluding carboxylic acids is 1. The summed E-state index contributed by atoms with van der Waals surface area (Å²) in [5, 5.41) is 14.7. The third-order valence-electron chi connectivity index (χ3n) is 3.75. The van der Waals surface area contributed by atoms with Crippen LogP contribution in [0, 0.1) is 12.8 Å². The van der Waals surface area contributed by atoms with Crippen molar-refractivity contribution in [2.24, 2.45) is 5.92 Å². The van der Waals surface area contributed by atoms with Gasteiger partial charge in [-0.2, -0.15) is 0 Å². The number of aryl methyl sites for hydroxylation is 1. The number of nitrogens with one attached hydrogen (secondary N) is 2. The first kappa shape index (κ1) is 14.4. The number of carboxylic acid groups (broad SMARTS) is 1. The second kappa shape index (κ2) is 6.41. The van der Waals surface area contributed by atoms with Crippen LogP contribution in [0.4, 0.5) is 10.5 Å². The number of anilines is 1. The average Bonchev–Trinajstić information content (AvgIpc) is 2.41. The number of hydrogen-bond donors (Lipinski definition) is 3. The van der Waals surface area contributed by atoms with Gasteiger partial charge in [-0.05, 0) is 37.8 Å². The summed E-state index contributed by atoms with van der Waals surface area (Å²) in [6.07, 6.45) is 2.89. The lowest BCUT2D eigenvalue weighted by molar-refractivity contribution is -0.143. The van der Waals surface area contributed by atoms with E-state index >= 15 is 0 Å². The van der Waals surface area contributed by atoms with Crippen LogP contribution in [0.15, 0.2) is 24.3 Å². The van der Waals surface area contributed by atoms with Gasteiger partial charge in [0.2, 0.25) is 0 Å². The fourth-order valence-electron chi connectivity index (χ4n) is 2.60. The van der Waals surface area contributed by atoms with E-state index in [9.17, 15) is 9.59 Å². The number of carboxylic acids is 1. The van der Waals surface area contributed by atoms with Crippen LogP contribution in [-0.2, 0) is 4.79 Å². The number of para-hydroxylation sites is 1. The maximum Gasteiger partial charge on any atom is 0.319 e. The van der Waals surface area contributed by atoms with Crippen molar-refractivity contribution in [2.45, 2.75) is 38.6 Å². The Morgan fingerprint density at radius 2 is 2.00 bits per heavy atom. The summed E-state index contributed by atoms with van der Waals surface area (Å²) in [4.78, 5) is 22.9. The van der Waals surface area contributed by atoms with E-state index in [-0.39, 0.29) is 18.0 Å². The van der Waals surface area contributed by atoms with Crippen LogP contribution in [0.25, 0.3) is 0 Å². The van der Waals surface area contributed by atoms with Gasteiger partial charge in [0, 0.05) is 11.7 Å². The van der Waals surface area contributed by atoms with E-state index in [4.69, 9.17) is 5.11 Å². The molecule has 1 saturated carbocycles. The first-order chi connectivity index (χ1) is 9.56. The lowest BCUT2D eigenvalue weighted by Crippen LogP contribution is -2.42. The van der Waals surface area contributed by atoms with E-state index in [0.717, 1.165) is 24.1 Å². The highest BCUT2D eigenvalue weighted by atomic mass is 16.4. The molecule has 5 nitrogen and oxygen atoms in total. The van der Waals surface area contributed by atoms with Gasteiger partial charge in [-0.3, -0.25) is 4.79 Å². The molecule has 5 heteroatoms. The number of benzene rings is 1. The van der Waals surface area contributed by atoms with Crippen molar-refractivity contribution in [1.29, 1.82) is 0 Å². The van der Waals surface area contributed by atoms with Crippen molar-refractivity contribution < 1.29 is 14.7 Å². The molecule has 2 unspecified atom stereocenters. The third-order valence-corrected chi connectivity index (χ3v) is 3.75. The van der Waals surface area contributed by atoms with Crippen LogP contribution in [0.2, 0.25) is 0 Å². The van der Waals surface area contributed by atoms with Gasteiger partial charge in [0.25, 0.3) is 0 Å². The molecule has 2 amide bonds. The summed E-state index contributed by atoms with van der Waals surface area (Å²) in [5.41, 5.74) is 1.77. The molecule has 2 rings (SSSR count). The lowest BCUT2D eigenvalue weighted by atomic mass is 9.86. The summed E-state index contributed by atoms with van der Waals surface area (Å²) in [6, 6.07) is 7.22. The van der Waals surface area contributed by atoms with Crippen molar-refractivity contribution >= 4 is 17.7 Å². The van der Waals surface area contributed by atoms with Crippen LogP contribution in [0.3, 0.4) is 0 Å². The van der Waals surface area contributed by atoms with Crippen LogP contribution in [-0.4, -0.2) is 23.1 Å².